The third-order valence-corrected chi connectivity index (χ3v) is 3.55. The maximum Gasteiger partial charge on any atom is 0.258 e. The average molecular weight is 434 g/mol. The molecule has 21 heavy (non-hydrogen) atoms. The van der Waals surface area contributed by atoms with E-state index < -0.39 is 0 Å². The molecule has 3 aromatic rings. The molecule has 0 fully saturated rings. The van der Waals surface area contributed by atoms with Crippen molar-refractivity contribution in [1.82, 2.24) is 29.7 Å². The van der Waals surface area contributed by atoms with Crippen LogP contribution in [0.1, 0.15) is 0 Å². The van der Waals surface area contributed by atoms with E-state index in [0.717, 1.165) is 3.57 Å². The molecule has 0 radical (unpaired) electrons. The maximum absolute atomic E-state index is 6.16. The van der Waals surface area contributed by atoms with Gasteiger partial charge in [0, 0.05) is 3.57 Å². The molecule has 0 atom stereocenters. The fourth-order valence-electron chi connectivity index (χ4n) is 1.52. The molecule has 1 aromatic carbocycles. The molecule has 0 aliphatic rings. The van der Waals surface area contributed by atoms with Gasteiger partial charge in [-0.3, -0.25) is 0 Å². The third-order valence-electron chi connectivity index (χ3n) is 2.40. The molecule has 3 rings (SSSR count). The van der Waals surface area contributed by atoms with Gasteiger partial charge in [0.1, 0.15) is 12.7 Å². The molecular formula is C11H6Cl2IN7. The standard InChI is InChI=1S/C11H6Cl2IN7/c12-7-3-6(14)1-2-8(7)17-10-18-9(13)19-11(20-10)21-5-15-4-16-21/h1-5H,(H,17,18,19,20). The van der Waals surface area contributed by atoms with Gasteiger partial charge in [-0.2, -0.15) is 24.7 Å². The highest BCUT2D eigenvalue weighted by Gasteiger charge is 2.09. The molecule has 0 saturated heterocycles. The fraction of sp³-hybridized carbons (Fsp3) is 0. The summed E-state index contributed by atoms with van der Waals surface area (Å²) in [6.45, 7) is 0. The molecule has 0 bridgehead atoms. The summed E-state index contributed by atoms with van der Waals surface area (Å²) in [5, 5.41) is 7.54. The lowest BCUT2D eigenvalue weighted by Gasteiger charge is -2.08. The monoisotopic (exact) mass is 433 g/mol. The second-order valence-electron chi connectivity index (χ2n) is 3.82. The van der Waals surface area contributed by atoms with Crippen molar-refractivity contribution < 1.29 is 0 Å². The van der Waals surface area contributed by atoms with Gasteiger partial charge in [-0.15, -0.1) is 0 Å². The van der Waals surface area contributed by atoms with Crippen molar-refractivity contribution in [3.8, 4) is 5.95 Å². The van der Waals surface area contributed by atoms with E-state index >= 15 is 0 Å². The zero-order valence-electron chi connectivity index (χ0n) is 10.2. The van der Waals surface area contributed by atoms with E-state index in [1.54, 1.807) is 0 Å². The molecule has 0 amide bonds. The van der Waals surface area contributed by atoms with Crippen LogP contribution in [0.4, 0.5) is 11.6 Å². The summed E-state index contributed by atoms with van der Waals surface area (Å²) in [7, 11) is 0. The average Bonchev–Trinajstić information content (AvgIpc) is 2.95. The summed E-state index contributed by atoms with van der Waals surface area (Å²) >= 11 is 14.2. The molecule has 2 heterocycles. The first-order valence-corrected chi connectivity index (χ1v) is 7.44. The van der Waals surface area contributed by atoms with Crippen LogP contribution in [0.15, 0.2) is 30.9 Å². The van der Waals surface area contributed by atoms with Crippen molar-refractivity contribution >= 4 is 57.4 Å². The summed E-state index contributed by atoms with van der Waals surface area (Å²) in [6.07, 6.45) is 2.84. The smallest absolute Gasteiger partial charge is 0.258 e. The number of hydrogen-bond donors (Lipinski definition) is 1. The van der Waals surface area contributed by atoms with Gasteiger partial charge in [0.05, 0.1) is 10.7 Å². The van der Waals surface area contributed by atoms with E-state index in [1.807, 2.05) is 18.2 Å². The number of aromatic nitrogens is 6. The van der Waals surface area contributed by atoms with E-state index in [1.165, 1.54) is 17.3 Å². The first-order chi connectivity index (χ1) is 10.1. The van der Waals surface area contributed by atoms with Gasteiger partial charge >= 0.3 is 0 Å². The summed E-state index contributed by atoms with van der Waals surface area (Å²) in [5.41, 5.74) is 0.670. The first-order valence-electron chi connectivity index (χ1n) is 5.60. The topological polar surface area (TPSA) is 81.4 Å². The number of rotatable bonds is 3. The van der Waals surface area contributed by atoms with Crippen LogP contribution in [-0.4, -0.2) is 29.7 Å². The van der Waals surface area contributed by atoms with E-state index in [0.29, 0.717) is 10.7 Å². The lowest BCUT2D eigenvalue weighted by atomic mass is 10.3. The number of nitrogens with one attached hydrogen (secondary N) is 1. The third kappa shape index (κ3) is 3.39. The van der Waals surface area contributed by atoms with Crippen LogP contribution in [0.5, 0.6) is 0 Å². The van der Waals surface area contributed by atoms with Gasteiger partial charge in [0.25, 0.3) is 5.95 Å². The van der Waals surface area contributed by atoms with Crippen molar-refractivity contribution in [3.05, 3.63) is 44.7 Å². The van der Waals surface area contributed by atoms with E-state index in [9.17, 15) is 0 Å². The Bertz CT molecular complexity index is 778. The van der Waals surface area contributed by atoms with Crippen LogP contribution in [0, 0.1) is 3.57 Å². The van der Waals surface area contributed by atoms with Crippen molar-refractivity contribution in [2.45, 2.75) is 0 Å². The van der Waals surface area contributed by atoms with Crippen molar-refractivity contribution in [1.29, 1.82) is 0 Å². The normalized spacial score (nSPS) is 10.6. The molecule has 106 valence electrons. The molecular weight excluding hydrogens is 428 g/mol. The van der Waals surface area contributed by atoms with Crippen LogP contribution in [-0.2, 0) is 0 Å². The Morgan fingerprint density at radius 3 is 2.71 bits per heavy atom. The fourth-order valence-corrected chi connectivity index (χ4v) is 2.58. The molecule has 7 nitrogen and oxygen atoms in total. The van der Waals surface area contributed by atoms with Gasteiger partial charge in [-0.1, -0.05) is 11.6 Å². The van der Waals surface area contributed by atoms with E-state index in [-0.39, 0.29) is 17.2 Å². The number of nitrogens with zero attached hydrogens (tertiary/aromatic N) is 6. The van der Waals surface area contributed by atoms with Crippen LogP contribution in [0.25, 0.3) is 5.95 Å². The second kappa shape index (κ2) is 6.08. The quantitative estimate of drug-likeness (QED) is 0.639. The molecule has 0 spiro atoms. The van der Waals surface area contributed by atoms with Crippen molar-refractivity contribution in [2.75, 3.05) is 5.32 Å². The summed E-state index contributed by atoms with van der Waals surface area (Å²) in [6, 6.07) is 5.57. The summed E-state index contributed by atoms with van der Waals surface area (Å²) in [4.78, 5) is 16.0. The number of benzene rings is 1. The molecule has 10 heteroatoms. The zero-order chi connectivity index (χ0) is 14.8. The van der Waals surface area contributed by atoms with Crippen LogP contribution >= 0.6 is 45.8 Å². The Balaban J connectivity index is 1.95. The second-order valence-corrected chi connectivity index (χ2v) is 5.81. The Morgan fingerprint density at radius 2 is 2.00 bits per heavy atom. The predicted molar refractivity (Wildman–Crippen MR) is 87.2 cm³/mol. The van der Waals surface area contributed by atoms with Gasteiger partial charge in [0.15, 0.2) is 0 Å². The van der Waals surface area contributed by atoms with Gasteiger partial charge in [-0.25, -0.2) is 4.98 Å². The molecule has 0 aliphatic carbocycles. The van der Waals surface area contributed by atoms with Gasteiger partial charge < -0.3 is 5.32 Å². The molecule has 1 N–H and O–H groups in total. The minimum absolute atomic E-state index is 0.0413. The number of anilines is 2. The minimum atomic E-state index is 0.0413. The van der Waals surface area contributed by atoms with Crippen molar-refractivity contribution in [2.24, 2.45) is 0 Å². The van der Waals surface area contributed by atoms with Gasteiger partial charge in [0.2, 0.25) is 11.2 Å². The van der Waals surface area contributed by atoms with Crippen LogP contribution < -0.4 is 5.32 Å². The number of hydrogen-bond acceptors (Lipinski definition) is 6. The largest absolute Gasteiger partial charge is 0.323 e. The van der Waals surface area contributed by atoms with Gasteiger partial charge in [-0.05, 0) is 52.4 Å². The molecule has 2 aromatic heterocycles. The van der Waals surface area contributed by atoms with Crippen LogP contribution in [0.3, 0.4) is 0 Å². The molecule has 0 saturated carbocycles. The Labute approximate surface area is 142 Å². The van der Waals surface area contributed by atoms with E-state index in [4.69, 9.17) is 23.2 Å². The van der Waals surface area contributed by atoms with Crippen LogP contribution in [0.2, 0.25) is 10.3 Å². The highest BCUT2D eigenvalue weighted by atomic mass is 127. The highest BCUT2D eigenvalue weighted by molar-refractivity contribution is 14.1. The minimum Gasteiger partial charge on any atom is -0.323 e. The Hall–Kier alpha value is -1.52. The Morgan fingerprint density at radius 1 is 1.14 bits per heavy atom. The first kappa shape index (κ1) is 14.4. The lowest BCUT2D eigenvalue weighted by molar-refractivity contribution is 0.796. The summed E-state index contributed by atoms with van der Waals surface area (Å²) < 4.78 is 2.41. The van der Waals surface area contributed by atoms with Crippen molar-refractivity contribution in [3.63, 3.8) is 0 Å². The highest BCUT2D eigenvalue weighted by Crippen LogP contribution is 2.26. The maximum atomic E-state index is 6.16. The molecule has 0 aliphatic heterocycles. The number of halogens is 3. The Kier molecular flexibility index (Phi) is 4.17. The molecule has 0 unspecified atom stereocenters. The summed E-state index contributed by atoms with van der Waals surface area (Å²) in [5.74, 6) is 0.528. The lowest BCUT2D eigenvalue weighted by Crippen LogP contribution is -2.07. The van der Waals surface area contributed by atoms with E-state index in [2.05, 4.69) is 52.9 Å². The predicted octanol–water partition coefficient (Wildman–Crippen LogP) is 3.11. The SMILES string of the molecule is Clc1nc(Nc2ccc(I)cc2Cl)nc(-n2cncn2)n1. The zero-order valence-corrected chi connectivity index (χ0v) is 13.9.